The molecule has 0 radical (unpaired) electrons. The quantitative estimate of drug-likeness (QED) is 0.792. The lowest BCUT2D eigenvalue weighted by molar-refractivity contribution is 0.592. The van der Waals surface area contributed by atoms with Gasteiger partial charge in [-0.1, -0.05) is 54.5 Å². The van der Waals surface area contributed by atoms with Gasteiger partial charge in [-0.2, -0.15) is 0 Å². The zero-order valence-corrected chi connectivity index (χ0v) is 11.3. The number of hydrogen-bond acceptors (Lipinski definition) is 1. The van der Waals surface area contributed by atoms with Crippen molar-refractivity contribution in [2.45, 2.75) is 38.1 Å². The van der Waals surface area contributed by atoms with Crippen LogP contribution in [-0.2, 0) is 0 Å². The molecular formula is C18H21N. The largest absolute Gasteiger partial charge is 0.375 e. The summed E-state index contributed by atoms with van der Waals surface area (Å²) in [4.78, 5) is 0. The molecule has 19 heavy (non-hydrogen) atoms. The van der Waals surface area contributed by atoms with Crippen LogP contribution in [0.5, 0.6) is 0 Å². The van der Waals surface area contributed by atoms with E-state index in [-0.39, 0.29) is 0 Å². The van der Waals surface area contributed by atoms with E-state index in [0.717, 1.165) is 0 Å². The van der Waals surface area contributed by atoms with Crippen LogP contribution in [0.2, 0.25) is 0 Å². The molecule has 1 aromatic rings. The number of hydrogen-bond donors (Lipinski definition) is 1. The Morgan fingerprint density at radius 2 is 1.68 bits per heavy atom. The summed E-state index contributed by atoms with van der Waals surface area (Å²) in [5.74, 6) is 0. The minimum atomic E-state index is 0.334. The smallest absolute Gasteiger partial charge is 0.0700 e. The third-order valence-electron chi connectivity index (χ3n) is 3.99. The fraction of sp³-hybridized carbons (Fsp3) is 0.333. The lowest BCUT2D eigenvalue weighted by Crippen LogP contribution is -2.22. The molecule has 1 saturated carbocycles. The zero-order chi connectivity index (χ0) is 12.9. The van der Waals surface area contributed by atoms with Crippen molar-refractivity contribution in [3.8, 4) is 0 Å². The van der Waals surface area contributed by atoms with E-state index in [1.165, 1.54) is 43.4 Å². The van der Waals surface area contributed by atoms with Crippen LogP contribution in [0.1, 0.15) is 32.1 Å². The van der Waals surface area contributed by atoms with E-state index in [2.05, 4.69) is 60.0 Å². The van der Waals surface area contributed by atoms with E-state index in [4.69, 9.17) is 0 Å². The summed E-state index contributed by atoms with van der Waals surface area (Å²) < 4.78 is 0. The van der Waals surface area contributed by atoms with E-state index in [1.54, 1.807) is 5.57 Å². The highest BCUT2D eigenvalue weighted by atomic mass is 14.9. The van der Waals surface area contributed by atoms with Crippen LogP contribution in [0, 0.1) is 0 Å². The maximum Gasteiger partial charge on any atom is 0.0700 e. The summed E-state index contributed by atoms with van der Waals surface area (Å²) in [6.07, 6.45) is 15.5. The Hall–Kier alpha value is -1.76. The highest BCUT2D eigenvalue weighted by Gasteiger charge is 2.17. The number of benzene rings is 1. The first-order chi connectivity index (χ1) is 9.43. The van der Waals surface area contributed by atoms with Gasteiger partial charge in [-0.25, -0.2) is 0 Å². The predicted molar refractivity (Wildman–Crippen MR) is 82.2 cm³/mol. The third-order valence-corrected chi connectivity index (χ3v) is 3.99. The van der Waals surface area contributed by atoms with E-state index in [0.29, 0.717) is 6.04 Å². The lowest BCUT2D eigenvalue weighted by atomic mass is 9.86. The summed E-state index contributed by atoms with van der Waals surface area (Å²) in [5.41, 5.74) is 4.34. The highest BCUT2D eigenvalue weighted by molar-refractivity contribution is 5.52. The SMILES string of the molecule is C1=CC(=C2CCCCC2)C(Nc2ccccc2)C=C1. The first-order valence-electron chi connectivity index (χ1n) is 7.32. The summed E-state index contributed by atoms with van der Waals surface area (Å²) in [7, 11) is 0. The fourth-order valence-corrected chi connectivity index (χ4v) is 2.99. The van der Waals surface area contributed by atoms with Crippen LogP contribution in [0.15, 0.2) is 65.8 Å². The Kier molecular flexibility index (Phi) is 3.83. The Labute approximate surface area is 115 Å². The van der Waals surface area contributed by atoms with Crippen LogP contribution in [0.25, 0.3) is 0 Å². The van der Waals surface area contributed by atoms with Gasteiger partial charge in [0.25, 0.3) is 0 Å². The van der Waals surface area contributed by atoms with E-state index in [9.17, 15) is 0 Å². The fourth-order valence-electron chi connectivity index (χ4n) is 2.99. The molecule has 1 N–H and O–H groups in total. The van der Waals surface area contributed by atoms with Gasteiger partial charge in [-0.3, -0.25) is 0 Å². The van der Waals surface area contributed by atoms with Gasteiger partial charge in [0, 0.05) is 5.69 Å². The predicted octanol–water partition coefficient (Wildman–Crippen LogP) is 4.85. The van der Waals surface area contributed by atoms with Gasteiger partial charge in [0.2, 0.25) is 0 Å². The standard InChI is InChI=1S/C18H21N/c1-3-9-15(10-4-1)17-13-7-8-14-18(17)19-16-11-5-2-6-12-16/h2,5-8,11-14,18-19H,1,3-4,9-10H2. The molecule has 1 nitrogen and oxygen atoms in total. The van der Waals surface area contributed by atoms with Gasteiger partial charge in [-0.05, 0) is 43.4 Å². The molecule has 3 rings (SSSR count). The molecule has 0 spiro atoms. The summed E-state index contributed by atoms with van der Waals surface area (Å²) in [5, 5.41) is 3.63. The molecule has 0 amide bonds. The molecule has 0 heterocycles. The van der Waals surface area contributed by atoms with E-state index >= 15 is 0 Å². The molecule has 98 valence electrons. The van der Waals surface area contributed by atoms with Crippen molar-refractivity contribution in [2.24, 2.45) is 0 Å². The second-order valence-corrected chi connectivity index (χ2v) is 5.35. The molecule has 1 fully saturated rings. The summed E-state index contributed by atoms with van der Waals surface area (Å²) >= 11 is 0. The average Bonchev–Trinajstić information content (AvgIpc) is 2.50. The maximum atomic E-state index is 3.63. The van der Waals surface area contributed by atoms with Gasteiger partial charge in [-0.15, -0.1) is 0 Å². The summed E-state index contributed by atoms with van der Waals surface area (Å²) in [6, 6.07) is 10.8. The second-order valence-electron chi connectivity index (χ2n) is 5.35. The van der Waals surface area contributed by atoms with Crippen molar-refractivity contribution < 1.29 is 0 Å². The highest BCUT2D eigenvalue weighted by Crippen LogP contribution is 2.30. The molecule has 1 aromatic carbocycles. The molecule has 2 aliphatic rings. The van der Waals surface area contributed by atoms with Gasteiger partial charge >= 0.3 is 0 Å². The Bertz CT molecular complexity index is 500. The molecule has 0 aliphatic heterocycles. The van der Waals surface area contributed by atoms with Crippen LogP contribution in [0.3, 0.4) is 0 Å². The molecule has 0 bridgehead atoms. The van der Waals surface area contributed by atoms with Crippen molar-refractivity contribution in [1.29, 1.82) is 0 Å². The van der Waals surface area contributed by atoms with Gasteiger partial charge in [0.05, 0.1) is 6.04 Å². The van der Waals surface area contributed by atoms with Gasteiger partial charge in [0.1, 0.15) is 0 Å². The van der Waals surface area contributed by atoms with Crippen molar-refractivity contribution in [2.75, 3.05) is 5.32 Å². The van der Waals surface area contributed by atoms with Crippen molar-refractivity contribution >= 4 is 5.69 Å². The van der Waals surface area contributed by atoms with Crippen LogP contribution < -0.4 is 5.32 Å². The van der Waals surface area contributed by atoms with Crippen molar-refractivity contribution in [3.63, 3.8) is 0 Å². The van der Waals surface area contributed by atoms with Gasteiger partial charge < -0.3 is 5.32 Å². The maximum absolute atomic E-state index is 3.63. The Balaban J connectivity index is 1.82. The molecular weight excluding hydrogens is 230 g/mol. The lowest BCUT2D eigenvalue weighted by Gasteiger charge is -2.25. The monoisotopic (exact) mass is 251 g/mol. The molecule has 0 aromatic heterocycles. The van der Waals surface area contributed by atoms with Crippen LogP contribution >= 0.6 is 0 Å². The number of nitrogens with one attached hydrogen (secondary N) is 1. The molecule has 1 atom stereocenters. The number of para-hydroxylation sites is 1. The van der Waals surface area contributed by atoms with E-state index < -0.39 is 0 Å². The van der Waals surface area contributed by atoms with Gasteiger partial charge in [0.15, 0.2) is 0 Å². The Morgan fingerprint density at radius 3 is 2.47 bits per heavy atom. The first kappa shape index (κ1) is 12.3. The van der Waals surface area contributed by atoms with Crippen LogP contribution in [0.4, 0.5) is 5.69 Å². The third kappa shape index (κ3) is 2.98. The molecule has 0 saturated heterocycles. The van der Waals surface area contributed by atoms with Crippen LogP contribution in [-0.4, -0.2) is 6.04 Å². The first-order valence-corrected chi connectivity index (χ1v) is 7.32. The van der Waals surface area contributed by atoms with Crippen molar-refractivity contribution in [3.05, 3.63) is 65.8 Å². The minimum absolute atomic E-state index is 0.334. The minimum Gasteiger partial charge on any atom is -0.375 e. The topological polar surface area (TPSA) is 12.0 Å². The normalized spacial score (nSPS) is 22.6. The number of rotatable bonds is 2. The van der Waals surface area contributed by atoms with E-state index in [1.807, 2.05) is 0 Å². The Morgan fingerprint density at radius 1 is 0.895 bits per heavy atom. The summed E-state index contributed by atoms with van der Waals surface area (Å²) in [6.45, 7) is 0. The molecule has 2 aliphatic carbocycles. The number of anilines is 1. The molecule has 1 unspecified atom stereocenters. The average molecular weight is 251 g/mol. The van der Waals surface area contributed by atoms with Crippen molar-refractivity contribution in [1.82, 2.24) is 0 Å². The second kappa shape index (κ2) is 5.92. The zero-order valence-electron chi connectivity index (χ0n) is 11.3. The molecule has 1 heteroatoms. The number of allylic oxidation sites excluding steroid dienone is 3.